The van der Waals surface area contributed by atoms with E-state index in [2.05, 4.69) is 24.3 Å². The highest BCUT2D eigenvalue weighted by Gasteiger charge is 2.08. The van der Waals surface area contributed by atoms with E-state index in [9.17, 15) is 4.79 Å². The minimum absolute atomic E-state index is 0.0620. The molecule has 1 aromatic carbocycles. The molecular formula is C15H19N3O. The van der Waals surface area contributed by atoms with Gasteiger partial charge in [-0.1, -0.05) is 44.2 Å². The molecule has 0 bridgehead atoms. The first-order chi connectivity index (χ1) is 9.15. The summed E-state index contributed by atoms with van der Waals surface area (Å²) in [5.74, 6) is 0.385. The summed E-state index contributed by atoms with van der Waals surface area (Å²) in [5, 5.41) is 7.10. The first-order valence-corrected chi connectivity index (χ1v) is 6.49. The third-order valence-electron chi connectivity index (χ3n) is 2.75. The lowest BCUT2D eigenvalue weighted by atomic mass is 10.2. The molecule has 2 aromatic rings. The Kier molecular flexibility index (Phi) is 4.34. The number of carbonyl (C=O) groups is 1. The van der Waals surface area contributed by atoms with E-state index in [1.807, 2.05) is 30.3 Å². The van der Waals surface area contributed by atoms with Crippen molar-refractivity contribution in [3.63, 3.8) is 0 Å². The van der Waals surface area contributed by atoms with Crippen LogP contribution in [0.1, 0.15) is 29.8 Å². The van der Waals surface area contributed by atoms with Gasteiger partial charge in [-0.05, 0) is 11.5 Å². The Bertz CT molecular complexity index is 531. The maximum atomic E-state index is 11.9. The lowest BCUT2D eigenvalue weighted by molar-refractivity contribution is 0.0949. The molecule has 0 radical (unpaired) electrons. The number of amides is 1. The number of hydrogen-bond donors (Lipinski definition) is 1. The smallest absolute Gasteiger partial charge is 0.254 e. The second kappa shape index (κ2) is 6.18. The summed E-state index contributed by atoms with van der Waals surface area (Å²) in [4.78, 5) is 11.9. The molecule has 100 valence electrons. The van der Waals surface area contributed by atoms with Crippen LogP contribution in [0.2, 0.25) is 0 Å². The van der Waals surface area contributed by atoms with Gasteiger partial charge in [-0.15, -0.1) is 0 Å². The molecule has 0 saturated carbocycles. The van der Waals surface area contributed by atoms with E-state index in [1.165, 1.54) is 5.56 Å². The second-order valence-electron chi connectivity index (χ2n) is 5.02. The molecule has 0 unspecified atom stereocenters. The third kappa shape index (κ3) is 3.95. The normalized spacial score (nSPS) is 10.7. The van der Waals surface area contributed by atoms with Gasteiger partial charge in [0.25, 0.3) is 5.91 Å². The van der Waals surface area contributed by atoms with E-state index >= 15 is 0 Å². The summed E-state index contributed by atoms with van der Waals surface area (Å²) in [5.41, 5.74) is 1.77. The van der Waals surface area contributed by atoms with Crippen LogP contribution >= 0.6 is 0 Å². The van der Waals surface area contributed by atoms with E-state index in [1.54, 1.807) is 17.1 Å². The van der Waals surface area contributed by atoms with Gasteiger partial charge in [-0.25, -0.2) is 0 Å². The van der Waals surface area contributed by atoms with E-state index in [4.69, 9.17) is 0 Å². The molecule has 0 saturated heterocycles. The summed E-state index contributed by atoms with van der Waals surface area (Å²) in [6.07, 6.45) is 3.39. The van der Waals surface area contributed by atoms with Crippen LogP contribution in [-0.4, -0.2) is 22.2 Å². The maximum Gasteiger partial charge on any atom is 0.254 e. The number of rotatable bonds is 5. The van der Waals surface area contributed by atoms with Crippen molar-refractivity contribution in [3.8, 4) is 0 Å². The molecule has 1 aromatic heterocycles. The van der Waals surface area contributed by atoms with Crippen LogP contribution in [0.5, 0.6) is 0 Å². The van der Waals surface area contributed by atoms with E-state index in [0.717, 1.165) is 0 Å². The van der Waals surface area contributed by atoms with Crippen molar-refractivity contribution in [2.75, 3.05) is 6.54 Å². The molecule has 19 heavy (non-hydrogen) atoms. The lowest BCUT2D eigenvalue weighted by Gasteiger charge is -2.05. The van der Waals surface area contributed by atoms with Gasteiger partial charge < -0.3 is 5.32 Å². The number of aromatic nitrogens is 2. The SMILES string of the molecule is CC(C)CNC(=O)c1cnn(Cc2ccccc2)c1. The number of nitrogens with zero attached hydrogens (tertiary/aromatic N) is 2. The zero-order valence-corrected chi connectivity index (χ0v) is 11.3. The molecule has 2 rings (SSSR count). The number of carbonyl (C=O) groups excluding carboxylic acids is 1. The van der Waals surface area contributed by atoms with Gasteiger partial charge in [0, 0.05) is 12.7 Å². The van der Waals surface area contributed by atoms with Crippen molar-refractivity contribution in [2.45, 2.75) is 20.4 Å². The van der Waals surface area contributed by atoms with E-state index in [-0.39, 0.29) is 5.91 Å². The van der Waals surface area contributed by atoms with Crippen molar-refractivity contribution in [1.29, 1.82) is 0 Å². The molecule has 0 fully saturated rings. The van der Waals surface area contributed by atoms with Crippen molar-refractivity contribution in [2.24, 2.45) is 5.92 Å². The van der Waals surface area contributed by atoms with Crippen LogP contribution in [0.15, 0.2) is 42.7 Å². The van der Waals surface area contributed by atoms with Crippen LogP contribution in [0, 0.1) is 5.92 Å². The van der Waals surface area contributed by atoms with Gasteiger partial charge in [-0.2, -0.15) is 5.10 Å². The molecule has 0 aliphatic rings. The monoisotopic (exact) mass is 257 g/mol. The van der Waals surface area contributed by atoms with E-state index < -0.39 is 0 Å². The molecule has 0 aliphatic heterocycles. The fraction of sp³-hybridized carbons (Fsp3) is 0.333. The molecule has 0 aliphatic carbocycles. The maximum absolute atomic E-state index is 11.9. The Hall–Kier alpha value is -2.10. The molecule has 4 heteroatoms. The van der Waals surface area contributed by atoms with Gasteiger partial charge in [0.05, 0.1) is 18.3 Å². The highest BCUT2D eigenvalue weighted by atomic mass is 16.1. The molecule has 0 atom stereocenters. The zero-order valence-electron chi connectivity index (χ0n) is 11.3. The zero-order chi connectivity index (χ0) is 13.7. The molecular weight excluding hydrogens is 238 g/mol. The van der Waals surface area contributed by atoms with Gasteiger partial charge in [0.2, 0.25) is 0 Å². The predicted octanol–water partition coefficient (Wildman–Crippen LogP) is 2.32. The first kappa shape index (κ1) is 13.3. The molecule has 4 nitrogen and oxygen atoms in total. The Morgan fingerprint density at radius 2 is 2.05 bits per heavy atom. The Balaban J connectivity index is 1.97. The lowest BCUT2D eigenvalue weighted by Crippen LogP contribution is -2.26. The fourth-order valence-electron chi connectivity index (χ4n) is 1.74. The van der Waals surface area contributed by atoms with Gasteiger partial charge >= 0.3 is 0 Å². The minimum atomic E-state index is -0.0620. The van der Waals surface area contributed by atoms with Crippen LogP contribution in [-0.2, 0) is 6.54 Å². The summed E-state index contributed by atoms with van der Waals surface area (Å²) < 4.78 is 1.78. The molecule has 0 spiro atoms. The molecule has 1 amide bonds. The van der Waals surface area contributed by atoms with Crippen LogP contribution in [0.4, 0.5) is 0 Å². The molecule has 1 N–H and O–H groups in total. The van der Waals surface area contributed by atoms with Crippen LogP contribution in [0.3, 0.4) is 0 Å². The fourth-order valence-corrected chi connectivity index (χ4v) is 1.74. The van der Waals surface area contributed by atoms with Crippen molar-refractivity contribution in [1.82, 2.24) is 15.1 Å². The first-order valence-electron chi connectivity index (χ1n) is 6.49. The number of benzene rings is 1. The molecule has 1 heterocycles. The quantitative estimate of drug-likeness (QED) is 0.893. The Labute approximate surface area is 113 Å². The third-order valence-corrected chi connectivity index (χ3v) is 2.75. The van der Waals surface area contributed by atoms with Crippen LogP contribution in [0.25, 0.3) is 0 Å². The average Bonchev–Trinajstić information content (AvgIpc) is 2.85. The summed E-state index contributed by atoms with van der Waals surface area (Å²) >= 11 is 0. The number of hydrogen-bond acceptors (Lipinski definition) is 2. The highest BCUT2D eigenvalue weighted by Crippen LogP contribution is 2.04. The summed E-state index contributed by atoms with van der Waals surface area (Å²) in [7, 11) is 0. The highest BCUT2D eigenvalue weighted by molar-refractivity contribution is 5.93. The largest absolute Gasteiger partial charge is 0.352 e. The van der Waals surface area contributed by atoms with Crippen molar-refractivity contribution in [3.05, 3.63) is 53.9 Å². The Morgan fingerprint density at radius 1 is 1.32 bits per heavy atom. The average molecular weight is 257 g/mol. The minimum Gasteiger partial charge on any atom is -0.352 e. The Morgan fingerprint density at radius 3 is 2.74 bits per heavy atom. The van der Waals surface area contributed by atoms with Crippen molar-refractivity contribution >= 4 is 5.91 Å². The number of nitrogens with one attached hydrogen (secondary N) is 1. The second-order valence-corrected chi connectivity index (χ2v) is 5.02. The standard InChI is InChI=1S/C15H19N3O/c1-12(2)8-16-15(19)14-9-17-18(11-14)10-13-6-4-3-5-7-13/h3-7,9,11-12H,8,10H2,1-2H3,(H,16,19). The van der Waals surface area contributed by atoms with Gasteiger partial charge in [-0.3, -0.25) is 9.48 Å². The van der Waals surface area contributed by atoms with E-state index in [0.29, 0.717) is 24.6 Å². The van der Waals surface area contributed by atoms with Crippen LogP contribution < -0.4 is 5.32 Å². The van der Waals surface area contributed by atoms with Crippen molar-refractivity contribution < 1.29 is 4.79 Å². The van der Waals surface area contributed by atoms with Gasteiger partial charge in [0.15, 0.2) is 0 Å². The predicted molar refractivity (Wildman–Crippen MR) is 74.9 cm³/mol. The summed E-state index contributed by atoms with van der Waals surface area (Å²) in [6, 6.07) is 10.1. The topological polar surface area (TPSA) is 46.9 Å². The summed E-state index contributed by atoms with van der Waals surface area (Å²) in [6.45, 7) is 5.50. The van der Waals surface area contributed by atoms with Gasteiger partial charge in [0.1, 0.15) is 0 Å².